The summed E-state index contributed by atoms with van der Waals surface area (Å²) in [6.45, 7) is 4.42. The number of aryl methyl sites for hydroxylation is 1. The van der Waals surface area contributed by atoms with Crippen molar-refractivity contribution in [1.82, 2.24) is 15.2 Å². The lowest BCUT2D eigenvalue weighted by molar-refractivity contribution is -0.143. The molecule has 0 aliphatic carbocycles. The van der Waals surface area contributed by atoms with Crippen molar-refractivity contribution in [2.24, 2.45) is 0 Å². The number of carbonyl (C=O) groups excluding carboxylic acids is 2. The van der Waals surface area contributed by atoms with Crippen molar-refractivity contribution >= 4 is 11.8 Å². The van der Waals surface area contributed by atoms with Crippen molar-refractivity contribution in [2.75, 3.05) is 6.54 Å². The number of hydrogen-bond donors (Lipinski definition) is 1. The highest BCUT2D eigenvalue weighted by molar-refractivity contribution is 5.92. The Morgan fingerprint density at radius 2 is 1.75 bits per heavy atom. The molecule has 5 nitrogen and oxygen atoms in total. The second-order valence-electron chi connectivity index (χ2n) is 8.46. The molecule has 32 heavy (non-hydrogen) atoms. The van der Waals surface area contributed by atoms with Gasteiger partial charge in [0.1, 0.15) is 5.54 Å². The second-order valence-corrected chi connectivity index (χ2v) is 8.46. The second kappa shape index (κ2) is 9.35. The largest absolute Gasteiger partial charge is 0.348 e. The van der Waals surface area contributed by atoms with E-state index in [9.17, 15) is 9.59 Å². The summed E-state index contributed by atoms with van der Waals surface area (Å²) in [5.74, 6) is -0.181. The summed E-state index contributed by atoms with van der Waals surface area (Å²) in [4.78, 5) is 32.5. The van der Waals surface area contributed by atoms with E-state index in [1.807, 2.05) is 55.5 Å². The third-order valence-electron chi connectivity index (χ3n) is 6.25. The molecule has 2 amide bonds. The van der Waals surface area contributed by atoms with Crippen molar-refractivity contribution in [1.29, 1.82) is 0 Å². The van der Waals surface area contributed by atoms with Crippen molar-refractivity contribution in [3.05, 3.63) is 89.7 Å². The standard InChI is InChI=1S/C27H29N3O2/c1-20-10-8-14-24(29-20)19-28-26(32)27(16-9-17-30(27)21(2)31)18-23-13-6-7-15-25(23)22-11-4-3-5-12-22/h3-8,10-15H,9,16-19H2,1-2H3,(H,28,32). The van der Waals surface area contributed by atoms with Gasteiger partial charge >= 0.3 is 0 Å². The van der Waals surface area contributed by atoms with Gasteiger partial charge in [-0.1, -0.05) is 60.7 Å². The molecule has 1 atom stereocenters. The van der Waals surface area contributed by atoms with Gasteiger partial charge in [0.05, 0.1) is 12.2 Å². The average molecular weight is 428 g/mol. The maximum Gasteiger partial charge on any atom is 0.246 e. The molecule has 2 aromatic carbocycles. The summed E-state index contributed by atoms with van der Waals surface area (Å²) in [6.07, 6.45) is 1.93. The van der Waals surface area contributed by atoms with Crippen molar-refractivity contribution in [3.63, 3.8) is 0 Å². The fraction of sp³-hybridized carbons (Fsp3) is 0.296. The first-order chi connectivity index (χ1) is 15.5. The number of hydrogen-bond acceptors (Lipinski definition) is 3. The third kappa shape index (κ3) is 4.42. The molecule has 1 unspecified atom stereocenters. The monoisotopic (exact) mass is 427 g/mol. The third-order valence-corrected chi connectivity index (χ3v) is 6.25. The van der Waals surface area contributed by atoms with Gasteiger partial charge in [-0.3, -0.25) is 14.6 Å². The summed E-state index contributed by atoms with van der Waals surface area (Å²) in [5, 5.41) is 3.08. The minimum atomic E-state index is -0.902. The van der Waals surface area contributed by atoms with Crippen LogP contribution >= 0.6 is 0 Å². The maximum atomic E-state index is 13.7. The molecule has 5 heteroatoms. The Morgan fingerprint density at radius 3 is 2.50 bits per heavy atom. The van der Waals surface area contributed by atoms with Gasteiger partial charge in [-0.15, -0.1) is 0 Å². The zero-order chi connectivity index (χ0) is 22.6. The van der Waals surface area contributed by atoms with Crippen LogP contribution < -0.4 is 5.32 Å². The number of amides is 2. The highest BCUT2D eigenvalue weighted by atomic mass is 16.2. The Bertz CT molecular complexity index is 1110. The smallest absolute Gasteiger partial charge is 0.246 e. The van der Waals surface area contributed by atoms with Crippen molar-refractivity contribution < 1.29 is 9.59 Å². The van der Waals surface area contributed by atoms with E-state index in [0.29, 0.717) is 25.9 Å². The maximum absolute atomic E-state index is 13.7. The fourth-order valence-corrected chi connectivity index (χ4v) is 4.76. The van der Waals surface area contributed by atoms with E-state index in [4.69, 9.17) is 0 Å². The summed E-state index contributed by atoms with van der Waals surface area (Å²) < 4.78 is 0. The molecular weight excluding hydrogens is 398 g/mol. The summed E-state index contributed by atoms with van der Waals surface area (Å²) in [5.41, 5.74) is 4.09. The van der Waals surface area contributed by atoms with Crippen LogP contribution in [0, 0.1) is 6.92 Å². The number of pyridine rings is 1. The van der Waals surface area contributed by atoms with E-state index < -0.39 is 5.54 Å². The first-order valence-corrected chi connectivity index (χ1v) is 11.1. The molecule has 164 valence electrons. The van der Waals surface area contributed by atoms with Crippen molar-refractivity contribution in [3.8, 4) is 11.1 Å². The number of rotatable bonds is 6. The highest BCUT2D eigenvalue weighted by Crippen LogP contribution is 2.36. The lowest BCUT2D eigenvalue weighted by Gasteiger charge is -2.37. The Morgan fingerprint density at radius 1 is 1.00 bits per heavy atom. The summed E-state index contributed by atoms with van der Waals surface area (Å²) in [6, 6.07) is 24.1. The molecule has 0 bridgehead atoms. The topological polar surface area (TPSA) is 62.3 Å². The van der Waals surface area contributed by atoms with Crippen LogP contribution in [0.15, 0.2) is 72.8 Å². The van der Waals surface area contributed by atoms with Crippen LogP contribution in [0.25, 0.3) is 11.1 Å². The molecule has 1 aromatic heterocycles. The molecule has 0 radical (unpaired) electrons. The number of nitrogens with one attached hydrogen (secondary N) is 1. The number of carbonyl (C=O) groups is 2. The van der Waals surface area contributed by atoms with Crippen LogP contribution in [0.1, 0.15) is 36.7 Å². The van der Waals surface area contributed by atoms with Gasteiger partial charge in [0.15, 0.2) is 0 Å². The highest BCUT2D eigenvalue weighted by Gasteiger charge is 2.48. The fourth-order valence-electron chi connectivity index (χ4n) is 4.76. The Balaban J connectivity index is 1.66. The van der Waals surface area contributed by atoms with E-state index in [1.54, 1.807) is 11.8 Å². The molecule has 0 spiro atoms. The van der Waals surface area contributed by atoms with Gasteiger partial charge in [-0.25, -0.2) is 0 Å². The van der Waals surface area contributed by atoms with Crippen LogP contribution in [-0.4, -0.2) is 33.8 Å². The molecule has 1 saturated heterocycles. The van der Waals surface area contributed by atoms with E-state index in [0.717, 1.165) is 34.5 Å². The molecular formula is C27H29N3O2. The summed E-state index contributed by atoms with van der Waals surface area (Å²) in [7, 11) is 0. The predicted octanol–water partition coefficient (Wildman–Crippen LogP) is 4.30. The Hall–Kier alpha value is -3.47. The Kier molecular flexibility index (Phi) is 6.35. The average Bonchev–Trinajstić information content (AvgIpc) is 3.23. The molecule has 3 aromatic rings. The lowest BCUT2D eigenvalue weighted by atomic mass is 9.84. The zero-order valence-corrected chi connectivity index (χ0v) is 18.7. The number of aromatic nitrogens is 1. The van der Waals surface area contributed by atoms with Crippen LogP contribution in [0.5, 0.6) is 0 Å². The summed E-state index contributed by atoms with van der Waals surface area (Å²) >= 11 is 0. The number of nitrogens with zero attached hydrogens (tertiary/aromatic N) is 2. The molecule has 1 fully saturated rings. The molecule has 0 saturated carbocycles. The van der Waals surface area contributed by atoms with Gasteiger partial charge in [0.2, 0.25) is 11.8 Å². The van der Waals surface area contributed by atoms with Crippen molar-refractivity contribution in [2.45, 2.75) is 45.2 Å². The predicted molar refractivity (Wildman–Crippen MR) is 126 cm³/mol. The van der Waals surface area contributed by atoms with Gasteiger partial charge in [-0.05, 0) is 48.6 Å². The van der Waals surface area contributed by atoms with Gasteiger partial charge in [0, 0.05) is 25.6 Å². The van der Waals surface area contributed by atoms with Crippen LogP contribution in [-0.2, 0) is 22.6 Å². The molecule has 1 N–H and O–H groups in total. The molecule has 4 rings (SSSR count). The normalized spacial score (nSPS) is 17.9. The first kappa shape index (κ1) is 21.8. The Labute approximate surface area is 189 Å². The van der Waals surface area contributed by atoms with Gasteiger partial charge in [-0.2, -0.15) is 0 Å². The van der Waals surface area contributed by atoms with Gasteiger partial charge in [0.25, 0.3) is 0 Å². The molecule has 1 aliphatic heterocycles. The minimum absolute atomic E-state index is 0.0662. The van der Waals surface area contributed by atoms with Crippen LogP contribution in [0.2, 0.25) is 0 Å². The van der Waals surface area contributed by atoms with E-state index in [2.05, 4.69) is 34.6 Å². The minimum Gasteiger partial charge on any atom is -0.348 e. The first-order valence-electron chi connectivity index (χ1n) is 11.1. The van der Waals surface area contributed by atoms with Crippen LogP contribution in [0.3, 0.4) is 0 Å². The molecule has 2 heterocycles. The molecule has 1 aliphatic rings. The number of benzene rings is 2. The number of likely N-dealkylation sites (tertiary alicyclic amines) is 1. The van der Waals surface area contributed by atoms with E-state index in [-0.39, 0.29) is 11.8 Å². The zero-order valence-electron chi connectivity index (χ0n) is 18.7. The van der Waals surface area contributed by atoms with Crippen LogP contribution in [0.4, 0.5) is 0 Å². The lowest BCUT2D eigenvalue weighted by Crippen LogP contribution is -2.58. The van der Waals surface area contributed by atoms with Gasteiger partial charge < -0.3 is 10.2 Å². The van der Waals surface area contributed by atoms with E-state index in [1.165, 1.54) is 0 Å². The van der Waals surface area contributed by atoms with E-state index >= 15 is 0 Å². The quantitative estimate of drug-likeness (QED) is 0.638. The SMILES string of the molecule is CC(=O)N1CCCC1(Cc1ccccc1-c1ccccc1)C(=O)NCc1cccc(C)n1.